The Hall–Kier alpha value is -4.14. The SMILES string of the molecule is N#CC=Cc1cc(F)c(Nc2nc(Nc3ccc(C#N)cc3)ncc2N)c(Cl)c1. The molecule has 0 saturated heterocycles. The van der Waals surface area contributed by atoms with Crippen LogP contribution in [0.15, 0.2) is 48.7 Å². The van der Waals surface area contributed by atoms with E-state index >= 15 is 0 Å². The highest BCUT2D eigenvalue weighted by Crippen LogP contribution is 2.32. The molecule has 2 aromatic carbocycles. The number of anilines is 5. The molecular weight excluding hydrogens is 393 g/mol. The van der Waals surface area contributed by atoms with Crippen LogP contribution >= 0.6 is 11.6 Å². The molecule has 3 aromatic rings. The van der Waals surface area contributed by atoms with Gasteiger partial charge in [0.25, 0.3) is 0 Å². The zero-order valence-corrected chi connectivity index (χ0v) is 15.6. The quantitative estimate of drug-likeness (QED) is 0.523. The van der Waals surface area contributed by atoms with Crippen LogP contribution in [-0.2, 0) is 0 Å². The van der Waals surface area contributed by atoms with Gasteiger partial charge in [-0.2, -0.15) is 15.5 Å². The minimum absolute atomic E-state index is 0.00417. The van der Waals surface area contributed by atoms with Gasteiger partial charge in [-0.15, -0.1) is 0 Å². The topological polar surface area (TPSA) is 123 Å². The lowest BCUT2D eigenvalue weighted by molar-refractivity contribution is 0.631. The fraction of sp³-hybridized carbons (Fsp3) is 0. The third kappa shape index (κ3) is 4.78. The van der Waals surface area contributed by atoms with E-state index in [2.05, 4.69) is 20.6 Å². The molecule has 0 atom stereocenters. The van der Waals surface area contributed by atoms with E-state index in [0.29, 0.717) is 16.8 Å². The number of benzene rings is 2. The maximum absolute atomic E-state index is 14.5. The van der Waals surface area contributed by atoms with Crippen molar-refractivity contribution >= 4 is 46.5 Å². The number of hydrogen-bond acceptors (Lipinski definition) is 7. The molecule has 0 aliphatic carbocycles. The fourth-order valence-electron chi connectivity index (χ4n) is 2.37. The number of nitrogens with two attached hydrogens (primary N) is 1. The molecule has 0 fully saturated rings. The molecule has 0 saturated carbocycles. The Bertz CT molecular complexity index is 1140. The lowest BCUT2D eigenvalue weighted by atomic mass is 10.2. The molecule has 29 heavy (non-hydrogen) atoms. The largest absolute Gasteiger partial charge is 0.394 e. The molecule has 0 amide bonds. The van der Waals surface area contributed by atoms with Gasteiger partial charge in [-0.25, -0.2) is 9.37 Å². The van der Waals surface area contributed by atoms with Crippen LogP contribution in [0.5, 0.6) is 0 Å². The summed E-state index contributed by atoms with van der Waals surface area (Å²) in [6, 6.07) is 13.3. The number of nitrogens with one attached hydrogen (secondary N) is 2. The highest BCUT2D eigenvalue weighted by atomic mass is 35.5. The van der Waals surface area contributed by atoms with Gasteiger partial charge < -0.3 is 16.4 Å². The van der Waals surface area contributed by atoms with Crippen LogP contribution in [0.4, 0.5) is 33.2 Å². The first kappa shape index (κ1) is 19.6. The first-order chi connectivity index (χ1) is 14.0. The summed E-state index contributed by atoms with van der Waals surface area (Å²) in [5.74, 6) is -0.247. The standard InChI is InChI=1S/C20H13ClFN7/c21-15-8-13(2-1-7-23)9-16(22)18(15)28-19-17(25)11-26-20(29-19)27-14-5-3-12(10-24)4-6-14/h1-6,8-9,11H,25H2,(H2,26,27,28,29). The summed E-state index contributed by atoms with van der Waals surface area (Å²) in [6.07, 6.45) is 4.04. The minimum atomic E-state index is -0.630. The van der Waals surface area contributed by atoms with Gasteiger partial charge in [0, 0.05) is 11.8 Å². The van der Waals surface area contributed by atoms with Crippen LogP contribution in [0, 0.1) is 28.5 Å². The normalized spacial score (nSPS) is 10.3. The lowest BCUT2D eigenvalue weighted by Gasteiger charge is -2.13. The Balaban J connectivity index is 1.86. The second-order valence-electron chi connectivity index (χ2n) is 5.76. The Kier molecular flexibility index (Phi) is 5.88. The number of hydrogen-bond donors (Lipinski definition) is 3. The number of nitrogen functional groups attached to an aromatic ring is 1. The second kappa shape index (κ2) is 8.70. The van der Waals surface area contributed by atoms with Gasteiger partial charge in [0.05, 0.1) is 40.3 Å². The Morgan fingerprint density at radius 1 is 1.14 bits per heavy atom. The predicted octanol–water partition coefficient (Wildman–Crippen LogP) is 4.75. The third-order valence-corrected chi connectivity index (χ3v) is 4.04. The number of nitrogens with zero attached hydrogens (tertiary/aromatic N) is 4. The van der Waals surface area contributed by atoms with Crippen molar-refractivity contribution in [3.8, 4) is 12.1 Å². The molecule has 7 nitrogen and oxygen atoms in total. The lowest BCUT2D eigenvalue weighted by Crippen LogP contribution is -2.05. The monoisotopic (exact) mass is 405 g/mol. The van der Waals surface area contributed by atoms with Gasteiger partial charge in [-0.05, 0) is 48.0 Å². The molecule has 1 aromatic heterocycles. The second-order valence-corrected chi connectivity index (χ2v) is 6.17. The molecule has 9 heteroatoms. The van der Waals surface area contributed by atoms with E-state index in [0.717, 1.165) is 0 Å². The number of aromatic nitrogens is 2. The van der Waals surface area contributed by atoms with E-state index in [1.807, 2.05) is 12.1 Å². The molecule has 1 heterocycles. The molecule has 3 rings (SSSR count). The Morgan fingerprint density at radius 3 is 2.55 bits per heavy atom. The van der Waals surface area contributed by atoms with E-state index in [9.17, 15) is 4.39 Å². The molecule has 142 valence electrons. The van der Waals surface area contributed by atoms with Crippen molar-refractivity contribution in [1.82, 2.24) is 9.97 Å². The van der Waals surface area contributed by atoms with Gasteiger partial charge in [0.1, 0.15) is 5.82 Å². The van der Waals surface area contributed by atoms with E-state index < -0.39 is 5.82 Å². The summed E-state index contributed by atoms with van der Waals surface area (Å²) in [7, 11) is 0. The van der Waals surface area contributed by atoms with Gasteiger partial charge in [0.2, 0.25) is 5.95 Å². The maximum atomic E-state index is 14.5. The predicted molar refractivity (Wildman–Crippen MR) is 110 cm³/mol. The first-order valence-electron chi connectivity index (χ1n) is 8.22. The summed E-state index contributed by atoms with van der Waals surface area (Å²) < 4.78 is 14.5. The molecule has 0 aliphatic heterocycles. The van der Waals surface area contributed by atoms with Crippen LogP contribution in [-0.4, -0.2) is 9.97 Å². The number of halogens is 2. The highest BCUT2D eigenvalue weighted by molar-refractivity contribution is 6.33. The molecular formula is C20H13ClFN7. The van der Waals surface area contributed by atoms with Crippen LogP contribution in [0.25, 0.3) is 6.08 Å². The summed E-state index contributed by atoms with van der Waals surface area (Å²) in [6.45, 7) is 0. The average Bonchev–Trinajstić information content (AvgIpc) is 2.72. The zero-order valence-electron chi connectivity index (χ0n) is 14.8. The molecule has 0 radical (unpaired) electrons. The van der Waals surface area contributed by atoms with E-state index in [1.54, 1.807) is 24.3 Å². The van der Waals surface area contributed by atoms with Crippen molar-refractivity contribution < 1.29 is 4.39 Å². The van der Waals surface area contributed by atoms with Crippen LogP contribution in [0.1, 0.15) is 11.1 Å². The summed E-state index contributed by atoms with van der Waals surface area (Å²) in [4.78, 5) is 8.35. The third-order valence-electron chi connectivity index (χ3n) is 3.75. The van der Waals surface area contributed by atoms with Crippen molar-refractivity contribution in [3.05, 3.63) is 70.6 Å². The Morgan fingerprint density at radius 2 is 1.90 bits per heavy atom. The van der Waals surface area contributed by atoms with Crippen molar-refractivity contribution in [2.45, 2.75) is 0 Å². The molecule has 0 aliphatic rings. The number of rotatable bonds is 5. The number of nitriles is 2. The van der Waals surface area contributed by atoms with Crippen LogP contribution < -0.4 is 16.4 Å². The van der Waals surface area contributed by atoms with E-state index in [4.69, 9.17) is 27.9 Å². The van der Waals surface area contributed by atoms with Crippen molar-refractivity contribution in [2.75, 3.05) is 16.4 Å². The van der Waals surface area contributed by atoms with Gasteiger partial charge in [0.15, 0.2) is 5.82 Å². The fourth-order valence-corrected chi connectivity index (χ4v) is 2.63. The average molecular weight is 406 g/mol. The van der Waals surface area contributed by atoms with Crippen LogP contribution in [0.3, 0.4) is 0 Å². The molecule has 0 spiro atoms. The van der Waals surface area contributed by atoms with Gasteiger partial charge in [-0.1, -0.05) is 11.6 Å². The summed E-state index contributed by atoms with van der Waals surface area (Å²) in [5, 5.41) is 23.3. The maximum Gasteiger partial charge on any atom is 0.229 e. The Labute approximate surface area is 170 Å². The smallest absolute Gasteiger partial charge is 0.229 e. The summed E-state index contributed by atoms with van der Waals surface area (Å²) >= 11 is 6.17. The van der Waals surface area contributed by atoms with E-state index in [-0.39, 0.29) is 28.2 Å². The highest BCUT2D eigenvalue weighted by Gasteiger charge is 2.13. The van der Waals surface area contributed by atoms with Crippen molar-refractivity contribution in [2.24, 2.45) is 0 Å². The summed E-state index contributed by atoms with van der Waals surface area (Å²) in [5.41, 5.74) is 7.72. The minimum Gasteiger partial charge on any atom is -0.394 e. The van der Waals surface area contributed by atoms with E-state index in [1.165, 1.54) is 30.5 Å². The van der Waals surface area contributed by atoms with Crippen LogP contribution in [0.2, 0.25) is 5.02 Å². The van der Waals surface area contributed by atoms with Crippen molar-refractivity contribution in [3.63, 3.8) is 0 Å². The van der Waals surface area contributed by atoms with Gasteiger partial charge >= 0.3 is 0 Å². The first-order valence-corrected chi connectivity index (χ1v) is 8.60. The van der Waals surface area contributed by atoms with Gasteiger partial charge in [-0.3, -0.25) is 0 Å². The van der Waals surface area contributed by atoms with Crippen molar-refractivity contribution in [1.29, 1.82) is 10.5 Å². The zero-order chi connectivity index (χ0) is 20.8. The molecule has 0 unspecified atom stereocenters. The molecule has 4 N–H and O–H groups in total. The number of allylic oxidation sites excluding steroid dienone is 1. The molecule has 0 bridgehead atoms.